The molecule has 4 aromatic heterocycles. The number of carbonyl (C=O) groups excluding carboxylic acids is 1. The van der Waals surface area contributed by atoms with Gasteiger partial charge in [-0.05, 0) is 44.5 Å². The molecule has 268 valence electrons. The van der Waals surface area contributed by atoms with E-state index in [4.69, 9.17) is 24.4 Å². The fraction of sp³-hybridized carbons (Fsp3) is 0.361. The second-order valence-corrected chi connectivity index (χ2v) is 13.0. The average molecular weight is 710 g/mol. The number of nitrogens with one attached hydrogen (secondary N) is 1. The molecule has 52 heavy (non-hydrogen) atoms. The lowest BCUT2D eigenvalue weighted by molar-refractivity contribution is -0.133. The van der Waals surface area contributed by atoms with Crippen molar-refractivity contribution in [2.75, 3.05) is 44.1 Å². The number of imidazole rings is 1. The van der Waals surface area contributed by atoms with Crippen molar-refractivity contribution in [1.82, 2.24) is 44.2 Å². The summed E-state index contributed by atoms with van der Waals surface area (Å²) in [5.74, 6) is 0.335. The van der Waals surface area contributed by atoms with Crippen LogP contribution in [0.3, 0.4) is 0 Å². The third-order valence-electron chi connectivity index (χ3n) is 9.59. The van der Waals surface area contributed by atoms with Crippen molar-refractivity contribution in [3.8, 4) is 16.9 Å². The molecule has 6 aromatic rings. The first kappa shape index (κ1) is 33.5. The molecule has 4 bridgehead atoms. The van der Waals surface area contributed by atoms with Crippen molar-refractivity contribution < 1.29 is 23.0 Å². The lowest BCUT2D eigenvalue weighted by Gasteiger charge is -2.31. The van der Waals surface area contributed by atoms with E-state index in [0.717, 1.165) is 40.2 Å². The van der Waals surface area contributed by atoms with Crippen molar-refractivity contribution in [2.45, 2.75) is 51.6 Å². The second-order valence-electron chi connectivity index (χ2n) is 13.0. The topological polar surface area (TPSA) is 141 Å². The van der Waals surface area contributed by atoms with Crippen LogP contribution < -0.4 is 10.2 Å². The molecular weight excluding hydrogens is 672 g/mol. The molecule has 2 aromatic carbocycles. The largest absolute Gasteiger partial charge is 0.377 e. The van der Waals surface area contributed by atoms with Crippen LogP contribution in [0.5, 0.6) is 0 Å². The van der Waals surface area contributed by atoms with Crippen LogP contribution in [0.15, 0.2) is 54.9 Å². The van der Waals surface area contributed by atoms with Gasteiger partial charge in [-0.2, -0.15) is 5.10 Å². The molecular formula is C36H37F2N11O3. The maximum atomic E-state index is 15.0. The first-order chi connectivity index (χ1) is 25.2. The number of nitrogens with zero attached hydrogens (tertiary/aromatic N) is 10. The van der Waals surface area contributed by atoms with Crippen molar-refractivity contribution in [2.24, 2.45) is 0 Å². The molecule has 14 nitrogen and oxygen atoms in total. The minimum absolute atomic E-state index is 0.0187. The van der Waals surface area contributed by atoms with Gasteiger partial charge in [0.15, 0.2) is 17.3 Å². The number of benzene rings is 2. The number of hydrogen-bond donors (Lipinski definition) is 1. The molecule has 0 saturated carbocycles. The number of hydrogen-bond acceptors (Lipinski definition) is 11. The Kier molecular flexibility index (Phi) is 8.71. The number of aromatic nitrogens is 8. The number of anilines is 2. The Morgan fingerprint density at radius 3 is 2.71 bits per heavy atom. The van der Waals surface area contributed by atoms with Crippen molar-refractivity contribution >= 4 is 39.7 Å². The van der Waals surface area contributed by atoms with Crippen LogP contribution in [0.4, 0.5) is 20.5 Å². The smallest absolute Gasteiger partial charge is 0.245 e. The predicted octanol–water partition coefficient (Wildman–Crippen LogP) is 4.29. The number of amides is 1. The van der Waals surface area contributed by atoms with Crippen LogP contribution in [-0.2, 0) is 27.4 Å². The number of halogens is 2. The highest BCUT2D eigenvalue weighted by Crippen LogP contribution is 2.35. The lowest BCUT2D eigenvalue weighted by atomic mass is 10.1. The molecule has 0 aliphatic carbocycles. The third-order valence-corrected chi connectivity index (χ3v) is 9.59. The quantitative estimate of drug-likeness (QED) is 0.265. The van der Waals surface area contributed by atoms with Gasteiger partial charge in [0.2, 0.25) is 11.9 Å². The maximum Gasteiger partial charge on any atom is 0.245 e. The molecule has 8 rings (SSSR count). The van der Waals surface area contributed by atoms with Crippen LogP contribution in [0, 0.1) is 18.6 Å². The van der Waals surface area contributed by atoms with Crippen molar-refractivity contribution in [3.05, 3.63) is 78.1 Å². The zero-order valence-electron chi connectivity index (χ0n) is 29.1. The van der Waals surface area contributed by atoms with Crippen molar-refractivity contribution in [1.29, 1.82) is 0 Å². The molecule has 3 atom stereocenters. The molecule has 0 radical (unpaired) electrons. The van der Waals surface area contributed by atoms with Gasteiger partial charge in [-0.25, -0.2) is 38.4 Å². The van der Waals surface area contributed by atoms with E-state index < -0.39 is 17.7 Å². The highest BCUT2D eigenvalue weighted by atomic mass is 19.1. The Hall–Kier alpha value is -5.61. The third kappa shape index (κ3) is 5.96. The van der Waals surface area contributed by atoms with Gasteiger partial charge in [-0.1, -0.05) is 12.1 Å². The Morgan fingerprint density at radius 2 is 1.90 bits per heavy atom. The SMILES string of the molecule is CCO[C@H]1CN(C)C(=O)[C@@H]2C[C@@H](CN2c2nc(COC)nc3c2cnn3-c2ccc(F)cc2F)Nc2nccc(n2)-c2cccc3nc(C)n(c23)C1. The van der Waals surface area contributed by atoms with Gasteiger partial charge in [0.25, 0.3) is 0 Å². The zero-order chi connectivity index (χ0) is 36.1. The molecule has 1 saturated heterocycles. The number of aryl methyl sites for hydroxylation is 1. The number of carbonyl (C=O) groups is 1. The van der Waals surface area contributed by atoms with Gasteiger partial charge < -0.3 is 29.2 Å². The summed E-state index contributed by atoms with van der Waals surface area (Å²) in [5.41, 5.74) is 3.73. The fourth-order valence-corrected chi connectivity index (χ4v) is 7.33. The maximum absolute atomic E-state index is 15.0. The molecule has 2 aliphatic rings. The molecule has 1 amide bonds. The zero-order valence-corrected chi connectivity index (χ0v) is 29.1. The number of likely N-dealkylation sites (N-methyl/N-ethyl adjacent to an activating group) is 1. The minimum Gasteiger partial charge on any atom is -0.377 e. The number of para-hydroxylation sites is 1. The van der Waals surface area contributed by atoms with Gasteiger partial charge in [-0.15, -0.1) is 0 Å². The summed E-state index contributed by atoms with van der Waals surface area (Å²) >= 11 is 0. The Bertz CT molecular complexity index is 2310. The van der Waals surface area contributed by atoms with Crippen LogP contribution in [-0.4, -0.2) is 102 Å². The summed E-state index contributed by atoms with van der Waals surface area (Å²) in [6.45, 7) is 5.54. The van der Waals surface area contributed by atoms with Crippen molar-refractivity contribution in [3.63, 3.8) is 0 Å². The van der Waals surface area contributed by atoms with E-state index in [9.17, 15) is 9.18 Å². The second kappa shape index (κ2) is 13.5. The van der Waals surface area contributed by atoms with Crippen LogP contribution >= 0.6 is 0 Å². The Balaban J connectivity index is 1.25. The fourth-order valence-electron chi connectivity index (χ4n) is 7.33. The first-order valence-electron chi connectivity index (χ1n) is 17.1. The monoisotopic (exact) mass is 709 g/mol. The molecule has 2 aliphatic heterocycles. The lowest BCUT2D eigenvalue weighted by Crippen LogP contribution is -2.47. The summed E-state index contributed by atoms with van der Waals surface area (Å²) in [6, 6.07) is 10.2. The molecule has 0 spiro atoms. The number of fused-ring (bicyclic) bond motifs is 6. The van der Waals surface area contributed by atoms with Crippen LogP contribution in [0.2, 0.25) is 0 Å². The van der Waals surface area contributed by atoms with E-state index in [0.29, 0.717) is 55.6 Å². The van der Waals surface area contributed by atoms with Gasteiger partial charge in [0.1, 0.15) is 35.8 Å². The minimum atomic E-state index is -0.799. The van der Waals surface area contributed by atoms with Gasteiger partial charge >= 0.3 is 0 Å². The summed E-state index contributed by atoms with van der Waals surface area (Å²) < 4.78 is 44.0. The number of rotatable bonds is 6. The Labute approximate surface area is 297 Å². The summed E-state index contributed by atoms with van der Waals surface area (Å²) in [7, 11) is 3.30. The average Bonchev–Trinajstić information content (AvgIpc) is 3.83. The number of ether oxygens (including phenoxy) is 2. The van der Waals surface area contributed by atoms with Gasteiger partial charge in [0.05, 0.1) is 41.0 Å². The normalized spacial score (nSPS) is 19.3. The first-order valence-corrected chi connectivity index (χ1v) is 17.1. The summed E-state index contributed by atoms with van der Waals surface area (Å²) in [4.78, 5) is 42.1. The van der Waals surface area contributed by atoms with Gasteiger partial charge in [0, 0.05) is 57.7 Å². The number of methoxy groups -OCH3 is 1. The van der Waals surface area contributed by atoms with E-state index in [2.05, 4.69) is 25.0 Å². The molecule has 1 N–H and O–H groups in total. The standard InChI is InChI=1S/C36H37F2N11O3/c1-5-52-23-17-46(3)35(50)30-14-22(42-36-39-12-11-27(43-36)24-7-6-8-28-32(24)47(18-23)20(2)41-28)16-48(30)33-25-15-40-49(29-10-9-21(37)13-26(29)38)34(25)45-31(44-33)19-51-4/h6-13,15,22-23,30H,5,14,16-19H2,1-4H3,(H,39,42,43)/t22-,23-,30-/m0/s1. The van der Waals surface area contributed by atoms with E-state index in [1.165, 1.54) is 24.1 Å². The molecule has 16 heteroatoms. The summed E-state index contributed by atoms with van der Waals surface area (Å²) in [5, 5.41) is 8.41. The molecule has 0 unspecified atom stereocenters. The van der Waals surface area contributed by atoms with E-state index in [-0.39, 0.29) is 36.0 Å². The Morgan fingerprint density at radius 1 is 1.04 bits per heavy atom. The molecule has 6 heterocycles. The summed E-state index contributed by atoms with van der Waals surface area (Å²) in [6.07, 6.45) is 3.31. The molecule has 1 fully saturated rings. The van der Waals surface area contributed by atoms with Crippen LogP contribution in [0.25, 0.3) is 39.0 Å². The highest BCUT2D eigenvalue weighted by Gasteiger charge is 2.41. The van der Waals surface area contributed by atoms with E-state index in [1.54, 1.807) is 18.1 Å². The predicted molar refractivity (Wildman–Crippen MR) is 189 cm³/mol. The van der Waals surface area contributed by atoms with E-state index in [1.807, 2.05) is 43.0 Å². The van der Waals surface area contributed by atoms with Crippen LogP contribution in [0.1, 0.15) is 25.0 Å². The van der Waals surface area contributed by atoms with E-state index >= 15 is 4.39 Å². The van der Waals surface area contributed by atoms with Gasteiger partial charge in [-0.3, -0.25) is 4.79 Å². The highest BCUT2D eigenvalue weighted by molar-refractivity contribution is 5.94.